The molecule has 3 nitrogen and oxygen atoms in total. The summed E-state index contributed by atoms with van der Waals surface area (Å²) in [5, 5.41) is 5.13. The highest BCUT2D eigenvalue weighted by Crippen LogP contribution is 2.50. The Morgan fingerprint density at radius 2 is 1.88 bits per heavy atom. The Bertz CT molecular complexity index is 923. The van der Waals surface area contributed by atoms with E-state index in [0.29, 0.717) is 18.0 Å². The number of aryl methyl sites for hydroxylation is 1. The van der Waals surface area contributed by atoms with Crippen LogP contribution in [0.25, 0.3) is 10.9 Å². The van der Waals surface area contributed by atoms with Crippen LogP contribution in [0.1, 0.15) is 24.0 Å². The number of hydrogen-bond donors (Lipinski definition) is 1. The predicted octanol–water partition coefficient (Wildman–Crippen LogP) is 4.22. The van der Waals surface area contributed by atoms with Gasteiger partial charge in [0.1, 0.15) is 0 Å². The Labute approximate surface area is 152 Å². The average Bonchev–Trinajstić information content (AvgIpc) is 3.33. The molecule has 3 aromatic rings. The zero-order valence-corrected chi connectivity index (χ0v) is 15.0. The number of para-hydroxylation sites is 1. The number of benzene rings is 2. The average molecular weight is 353 g/mol. The number of amides is 1. The summed E-state index contributed by atoms with van der Waals surface area (Å²) < 4.78 is 2.18. The number of nitrogens with zero attached hydrogens (tertiary/aromatic N) is 1. The Kier molecular flexibility index (Phi) is 4.04. The maximum Gasteiger partial charge on any atom is 0.224 e. The van der Waals surface area contributed by atoms with Gasteiger partial charge >= 0.3 is 0 Å². The number of halogens is 1. The largest absolute Gasteiger partial charge is 0.355 e. The summed E-state index contributed by atoms with van der Waals surface area (Å²) in [6.45, 7) is 0.702. The minimum Gasteiger partial charge on any atom is -0.355 e. The molecular formula is C21H21ClN2O. The van der Waals surface area contributed by atoms with Gasteiger partial charge in [-0.15, -0.1) is 0 Å². The zero-order chi connectivity index (χ0) is 17.4. The topological polar surface area (TPSA) is 34.0 Å². The van der Waals surface area contributed by atoms with Crippen LogP contribution < -0.4 is 5.32 Å². The van der Waals surface area contributed by atoms with Gasteiger partial charge in [-0.1, -0.05) is 41.9 Å². The highest BCUT2D eigenvalue weighted by atomic mass is 35.5. The Morgan fingerprint density at radius 3 is 2.60 bits per heavy atom. The van der Waals surface area contributed by atoms with E-state index in [1.807, 2.05) is 24.3 Å². The summed E-state index contributed by atoms with van der Waals surface area (Å²) in [6, 6.07) is 15.9. The number of carbonyl (C=O) groups excluding carboxylic acids is 1. The first-order valence-corrected chi connectivity index (χ1v) is 9.01. The fraction of sp³-hybridized carbons (Fsp3) is 0.286. The van der Waals surface area contributed by atoms with Gasteiger partial charge in [-0.05, 0) is 42.2 Å². The third kappa shape index (κ3) is 3.16. The second kappa shape index (κ2) is 6.23. The van der Waals surface area contributed by atoms with Crippen LogP contribution in [-0.2, 0) is 23.7 Å². The molecule has 1 N–H and O–H groups in total. The molecule has 1 heterocycles. The van der Waals surface area contributed by atoms with Gasteiger partial charge in [0, 0.05) is 41.1 Å². The number of rotatable bonds is 5. The van der Waals surface area contributed by atoms with Crippen molar-refractivity contribution in [2.24, 2.45) is 7.05 Å². The Balaban J connectivity index is 1.47. The quantitative estimate of drug-likeness (QED) is 0.732. The number of fused-ring (bicyclic) bond motifs is 1. The molecule has 1 aromatic heterocycles. The third-order valence-electron chi connectivity index (χ3n) is 5.22. The van der Waals surface area contributed by atoms with E-state index >= 15 is 0 Å². The van der Waals surface area contributed by atoms with Crippen LogP contribution in [0.15, 0.2) is 54.7 Å². The van der Waals surface area contributed by atoms with E-state index < -0.39 is 0 Å². The van der Waals surface area contributed by atoms with Crippen LogP contribution in [0.4, 0.5) is 0 Å². The first kappa shape index (κ1) is 16.2. The van der Waals surface area contributed by atoms with Crippen molar-refractivity contribution in [3.05, 3.63) is 70.9 Å². The van der Waals surface area contributed by atoms with E-state index in [1.165, 1.54) is 16.5 Å². The van der Waals surface area contributed by atoms with Crippen molar-refractivity contribution in [3.8, 4) is 0 Å². The number of hydrogen-bond acceptors (Lipinski definition) is 1. The Hall–Kier alpha value is -2.26. The van der Waals surface area contributed by atoms with Crippen LogP contribution in [0.5, 0.6) is 0 Å². The molecule has 4 rings (SSSR count). The van der Waals surface area contributed by atoms with Crippen molar-refractivity contribution in [1.29, 1.82) is 0 Å². The normalized spacial score (nSPS) is 15.3. The summed E-state index contributed by atoms with van der Waals surface area (Å²) in [4.78, 5) is 12.3. The van der Waals surface area contributed by atoms with Crippen molar-refractivity contribution in [3.63, 3.8) is 0 Å². The molecule has 1 aliphatic carbocycles. The van der Waals surface area contributed by atoms with Gasteiger partial charge in [0.25, 0.3) is 0 Å². The fourth-order valence-corrected chi connectivity index (χ4v) is 3.70. The van der Waals surface area contributed by atoms with Crippen molar-refractivity contribution in [1.82, 2.24) is 9.88 Å². The van der Waals surface area contributed by atoms with Gasteiger partial charge in [0.05, 0.1) is 6.42 Å². The molecule has 0 unspecified atom stereocenters. The lowest BCUT2D eigenvalue weighted by molar-refractivity contribution is -0.120. The van der Waals surface area contributed by atoms with Crippen molar-refractivity contribution >= 4 is 28.4 Å². The molecule has 1 amide bonds. The molecule has 1 saturated carbocycles. The third-order valence-corrected chi connectivity index (χ3v) is 5.48. The van der Waals surface area contributed by atoms with E-state index in [-0.39, 0.29) is 11.3 Å². The lowest BCUT2D eigenvalue weighted by Crippen LogP contribution is -2.33. The molecule has 0 aliphatic heterocycles. The highest BCUT2D eigenvalue weighted by molar-refractivity contribution is 6.30. The van der Waals surface area contributed by atoms with E-state index in [0.717, 1.165) is 18.4 Å². The molecule has 0 bridgehead atoms. The smallest absolute Gasteiger partial charge is 0.224 e. The summed E-state index contributed by atoms with van der Waals surface area (Å²) in [6.07, 6.45) is 4.87. The van der Waals surface area contributed by atoms with Crippen LogP contribution in [0, 0.1) is 0 Å². The molecule has 1 fully saturated rings. The maximum atomic E-state index is 12.3. The number of carbonyl (C=O) groups is 1. The van der Waals surface area contributed by atoms with Crippen LogP contribution in [0.2, 0.25) is 5.02 Å². The molecule has 0 atom stereocenters. The lowest BCUT2D eigenvalue weighted by Gasteiger charge is -2.16. The predicted molar refractivity (Wildman–Crippen MR) is 102 cm³/mol. The minimum absolute atomic E-state index is 0.0637. The molecule has 1 aliphatic rings. The van der Waals surface area contributed by atoms with Gasteiger partial charge in [-0.3, -0.25) is 4.79 Å². The van der Waals surface area contributed by atoms with Gasteiger partial charge in [0.15, 0.2) is 0 Å². The first-order chi connectivity index (χ1) is 12.1. The van der Waals surface area contributed by atoms with Gasteiger partial charge in [-0.25, -0.2) is 0 Å². The second-order valence-electron chi connectivity index (χ2n) is 7.03. The summed E-state index contributed by atoms with van der Waals surface area (Å²) in [5.74, 6) is 0.0637. The molecule has 128 valence electrons. The Morgan fingerprint density at radius 1 is 1.16 bits per heavy atom. The van der Waals surface area contributed by atoms with Crippen LogP contribution in [0.3, 0.4) is 0 Å². The van der Waals surface area contributed by atoms with E-state index in [1.54, 1.807) is 0 Å². The summed E-state index contributed by atoms with van der Waals surface area (Å²) in [5.41, 5.74) is 3.68. The zero-order valence-electron chi connectivity index (χ0n) is 14.3. The molecule has 25 heavy (non-hydrogen) atoms. The van der Waals surface area contributed by atoms with Gasteiger partial charge in [-0.2, -0.15) is 0 Å². The highest BCUT2D eigenvalue weighted by Gasteiger charge is 2.46. The molecule has 4 heteroatoms. The van der Waals surface area contributed by atoms with E-state index in [4.69, 9.17) is 11.6 Å². The lowest BCUT2D eigenvalue weighted by atomic mass is 9.95. The molecule has 0 saturated heterocycles. The maximum absolute atomic E-state index is 12.3. The monoisotopic (exact) mass is 352 g/mol. The van der Waals surface area contributed by atoms with Crippen LogP contribution in [-0.4, -0.2) is 17.0 Å². The summed E-state index contributed by atoms with van der Waals surface area (Å²) in [7, 11) is 2.08. The van der Waals surface area contributed by atoms with Crippen LogP contribution >= 0.6 is 11.6 Å². The van der Waals surface area contributed by atoms with Gasteiger partial charge < -0.3 is 9.88 Å². The number of aromatic nitrogens is 1. The van der Waals surface area contributed by atoms with Gasteiger partial charge in [0.2, 0.25) is 5.91 Å². The first-order valence-electron chi connectivity index (χ1n) is 8.63. The second-order valence-corrected chi connectivity index (χ2v) is 7.47. The minimum atomic E-state index is 0.0637. The SMILES string of the molecule is Cn1cc(C2(CNC(=O)Cc3ccc(Cl)cc3)CC2)c2ccccc21. The summed E-state index contributed by atoms with van der Waals surface area (Å²) >= 11 is 5.89. The fourth-order valence-electron chi connectivity index (χ4n) is 3.57. The van der Waals surface area contributed by atoms with E-state index in [2.05, 4.69) is 47.4 Å². The molecule has 0 spiro atoms. The van der Waals surface area contributed by atoms with Crippen molar-refractivity contribution in [2.45, 2.75) is 24.7 Å². The molecular weight excluding hydrogens is 332 g/mol. The molecule has 0 radical (unpaired) electrons. The standard InChI is InChI=1S/C21H21ClN2O/c1-24-13-18(17-4-2-3-5-19(17)24)21(10-11-21)14-23-20(25)12-15-6-8-16(22)9-7-15/h2-9,13H,10-12,14H2,1H3,(H,23,25). The van der Waals surface area contributed by atoms with Crippen molar-refractivity contribution < 1.29 is 4.79 Å². The molecule has 2 aromatic carbocycles. The number of nitrogens with one attached hydrogen (secondary N) is 1. The van der Waals surface area contributed by atoms with Crippen molar-refractivity contribution in [2.75, 3.05) is 6.54 Å². The van der Waals surface area contributed by atoms with E-state index in [9.17, 15) is 4.79 Å².